The largest absolute Gasteiger partial charge is 0.333 e. The molecule has 0 spiro atoms. The zero-order chi connectivity index (χ0) is 11.7. The van der Waals surface area contributed by atoms with Gasteiger partial charge in [-0.05, 0) is 44.3 Å². The van der Waals surface area contributed by atoms with Crippen LogP contribution in [0, 0.1) is 0 Å². The summed E-state index contributed by atoms with van der Waals surface area (Å²) in [6, 6.07) is 1.77. The van der Waals surface area contributed by atoms with Gasteiger partial charge < -0.3 is 10.3 Å². The molecule has 0 saturated heterocycles. The molecule has 2 N–H and O–H groups in total. The summed E-state index contributed by atoms with van der Waals surface area (Å²) in [6.07, 6.45) is 0.788. The number of thiophene rings is 1. The lowest BCUT2D eigenvalue weighted by atomic mass is 10.2. The van der Waals surface area contributed by atoms with Gasteiger partial charge >= 0.3 is 0 Å². The highest BCUT2D eigenvalue weighted by Gasteiger charge is 2.16. The van der Waals surface area contributed by atoms with Crippen LogP contribution >= 0.6 is 43.2 Å². The Labute approximate surface area is 113 Å². The molecule has 86 valence electrons. The Morgan fingerprint density at radius 1 is 1.56 bits per heavy atom. The quantitative estimate of drug-likeness (QED) is 0.898. The summed E-state index contributed by atoms with van der Waals surface area (Å²) in [6.45, 7) is 1.99. The highest BCUT2D eigenvalue weighted by atomic mass is 79.9. The van der Waals surface area contributed by atoms with Crippen molar-refractivity contribution in [3.63, 3.8) is 0 Å². The molecular formula is C9H9Br2N3OS. The fourth-order valence-corrected chi connectivity index (χ4v) is 3.08. The number of nitrogens with two attached hydrogens (primary N) is 1. The molecule has 4 nitrogen and oxygen atoms in total. The molecule has 2 aromatic rings. The summed E-state index contributed by atoms with van der Waals surface area (Å²) < 4.78 is 7.15. The maximum atomic E-state index is 5.82. The molecule has 2 aromatic heterocycles. The molecule has 0 saturated carbocycles. The van der Waals surface area contributed by atoms with Gasteiger partial charge in [0, 0.05) is 4.47 Å². The number of nitrogens with zero attached hydrogens (tertiary/aromatic N) is 2. The Kier molecular flexibility index (Phi) is 3.78. The Morgan fingerprint density at radius 2 is 2.31 bits per heavy atom. The normalized spacial score (nSPS) is 13.0. The smallest absolute Gasteiger partial charge is 0.268 e. The first kappa shape index (κ1) is 12.2. The van der Waals surface area contributed by atoms with Gasteiger partial charge in [0.1, 0.15) is 0 Å². The molecule has 2 heterocycles. The summed E-state index contributed by atoms with van der Waals surface area (Å²) in [5.41, 5.74) is 5.82. The van der Waals surface area contributed by atoms with Crippen molar-refractivity contribution in [2.24, 2.45) is 5.73 Å². The van der Waals surface area contributed by atoms with Crippen LogP contribution in [-0.2, 0) is 0 Å². The third-order valence-corrected chi connectivity index (χ3v) is 5.31. The van der Waals surface area contributed by atoms with E-state index in [1.807, 2.05) is 13.0 Å². The average molecular weight is 367 g/mol. The minimum absolute atomic E-state index is 0.163. The van der Waals surface area contributed by atoms with Gasteiger partial charge in [0.15, 0.2) is 5.82 Å². The molecule has 0 aliphatic heterocycles. The minimum Gasteiger partial charge on any atom is -0.333 e. The molecule has 0 aromatic carbocycles. The molecule has 1 atom stereocenters. The molecule has 0 fully saturated rings. The van der Waals surface area contributed by atoms with Gasteiger partial charge in [0.2, 0.25) is 0 Å². The molecule has 2 rings (SSSR count). The number of hydrogen-bond acceptors (Lipinski definition) is 5. The van der Waals surface area contributed by atoms with Crippen molar-refractivity contribution in [1.82, 2.24) is 10.1 Å². The number of halogens is 2. The number of aromatic nitrogens is 2. The van der Waals surface area contributed by atoms with Gasteiger partial charge in [-0.15, -0.1) is 11.3 Å². The molecule has 0 aliphatic rings. The van der Waals surface area contributed by atoms with Crippen LogP contribution in [-0.4, -0.2) is 10.1 Å². The standard InChI is InChI=1S/C9H9Br2N3OS/c1-2-5(12)8-13-9(15-14-8)6-3-4(10)7(11)16-6/h3,5H,2,12H2,1H3. The monoisotopic (exact) mass is 365 g/mol. The SMILES string of the molecule is CCC(N)c1noc(-c2cc(Br)c(Br)s2)n1. The Balaban J connectivity index is 2.31. The predicted octanol–water partition coefficient (Wildman–Crippen LogP) is 3.73. The van der Waals surface area contributed by atoms with Crippen LogP contribution in [0.15, 0.2) is 18.8 Å². The van der Waals surface area contributed by atoms with Crippen LogP contribution in [0.1, 0.15) is 25.2 Å². The zero-order valence-corrected chi connectivity index (χ0v) is 12.4. The summed E-state index contributed by atoms with van der Waals surface area (Å²) in [4.78, 5) is 5.19. The highest BCUT2D eigenvalue weighted by molar-refractivity contribution is 9.13. The lowest BCUT2D eigenvalue weighted by molar-refractivity contribution is 0.416. The molecule has 0 bridgehead atoms. The summed E-state index contributed by atoms with van der Waals surface area (Å²) in [7, 11) is 0. The Bertz CT molecular complexity index is 477. The van der Waals surface area contributed by atoms with E-state index >= 15 is 0 Å². The molecule has 7 heteroatoms. The van der Waals surface area contributed by atoms with E-state index in [0.717, 1.165) is 19.6 Å². The minimum atomic E-state index is -0.163. The maximum absolute atomic E-state index is 5.82. The predicted molar refractivity (Wildman–Crippen MR) is 70.2 cm³/mol. The summed E-state index contributed by atoms with van der Waals surface area (Å²) >= 11 is 8.36. The third kappa shape index (κ3) is 2.37. The first-order valence-corrected chi connectivity index (χ1v) is 7.06. The van der Waals surface area contributed by atoms with Crippen molar-refractivity contribution in [2.75, 3.05) is 0 Å². The molecule has 0 aliphatic carbocycles. The second kappa shape index (κ2) is 4.95. The van der Waals surface area contributed by atoms with Gasteiger partial charge in [-0.2, -0.15) is 4.98 Å². The fraction of sp³-hybridized carbons (Fsp3) is 0.333. The second-order valence-electron chi connectivity index (χ2n) is 3.20. The summed E-state index contributed by atoms with van der Waals surface area (Å²) in [5, 5.41) is 3.87. The van der Waals surface area contributed by atoms with E-state index in [9.17, 15) is 0 Å². The van der Waals surface area contributed by atoms with Crippen molar-refractivity contribution in [2.45, 2.75) is 19.4 Å². The maximum Gasteiger partial charge on any atom is 0.268 e. The third-order valence-electron chi connectivity index (χ3n) is 2.07. The fourth-order valence-electron chi connectivity index (χ4n) is 1.12. The van der Waals surface area contributed by atoms with E-state index in [4.69, 9.17) is 10.3 Å². The van der Waals surface area contributed by atoms with Crippen LogP contribution in [0.3, 0.4) is 0 Å². The molecule has 0 radical (unpaired) electrons. The lowest BCUT2D eigenvalue weighted by Gasteiger charge is -1.98. The highest BCUT2D eigenvalue weighted by Crippen LogP contribution is 2.37. The van der Waals surface area contributed by atoms with Crippen molar-refractivity contribution < 1.29 is 4.52 Å². The van der Waals surface area contributed by atoms with Crippen LogP contribution in [0.25, 0.3) is 10.8 Å². The topological polar surface area (TPSA) is 64.9 Å². The zero-order valence-electron chi connectivity index (χ0n) is 8.41. The van der Waals surface area contributed by atoms with Gasteiger partial charge in [-0.25, -0.2) is 0 Å². The van der Waals surface area contributed by atoms with Crippen molar-refractivity contribution in [3.05, 3.63) is 20.1 Å². The first-order valence-electron chi connectivity index (χ1n) is 4.66. The van der Waals surface area contributed by atoms with Crippen molar-refractivity contribution in [3.8, 4) is 10.8 Å². The van der Waals surface area contributed by atoms with Gasteiger partial charge in [-0.1, -0.05) is 12.1 Å². The van der Waals surface area contributed by atoms with Gasteiger partial charge in [0.25, 0.3) is 5.89 Å². The van der Waals surface area contributed by atoms with Crippen LogP contribution in [0.4, 0.5) is 0 Å². The Morgan fingerprint density at radius 3 is 2.88 bits per heavy atom. The van der Waals surface area contributed by atoms with Gasteiger partial charge in [0.05, 0.1) is 14.7 Å². The average Bonchev–Trinajstić information content (AvgIpc) is 2.86. The first-order chi connectivity index (χ1) is 7.61. The molecule has 1 unspecified atom stereocenters. The number of rotatable bonds is 3. The number of hydrogen-bond donors (Lipinski definition) is 1. The van der Waals surface area contributed by atoms with E-state index in [1.54, 1.807) is 0 Å². The molecule has 16 heavy (non-hydrogen) atoms. The van der Waals surface area contributed by atoms with E-state index < -0.39 is 0 Å². The van der Waals surface area contributed by atoms with Crippen LogP contribution in [0.2, 0.25) is 0 Å². The van der Waals surface area contributed by atoms with E-state index in [0.29, 0.717) is 11.7 Å². The van der Waals surface area contributed by atoms with E-state index in [1.165, 1.54) is 11.3 Å². The molecular weight excluding hydrogens is 358 g/mol. The van der Waals surface area contributed by atoms with Gasteiger partial charge in [-0.3, -0.25) is 0 Å². The lowest BCUT2D eigenvalue weighted by Crippen LogP contribution is -2.10. The molecule has 0 amide bonds. The van der Waals surface area contributed by atoms with Crippen molar-refractivity contribution in [1.29, 1.82) is 0 Å². The van der Waals surface area contributed by atoms with E-state index in [-0.39, 0.29) is 6.04 Å². The van der Waals surface area contributed by atoms with Crippen molar-refractivity contribution >= 4 is 43.2 Å². The van der Waals surface area contributed by atoms with Crippen LogP contribution < -0.4 is 5.73 Å². The summed E-state index contributed by atoms with van der Waals surface area (Å²) in [5.74, 6) is 1.06. The van der Waals surface area contributed by atoms with E-state index in [2.05, 4.69) is 42.0 Å². The van der Waals surface area contributed by atoms with Crippen LogP contribution in [0.5, 0.6) is 0 Å². The Hall–Kier alpha value is -0.240. The second-order valence-corrected chi connectivity index (χ2v) is 6.43.